The van der Waals surface area contributed by atoms with Crippen LogP contribution in [-0.2, 0) is 14.3 Å². The third kappa shape index (κ3) is 5.32. The first kappa shape index (κ1) is 19.0. The van der Waals surface area contributed by atoms with Gasteiger partial charge in [0.05, 0.1) is 31.2 Å². The van der Waals surface area contributed by atoms with Gasteiger partial charge in [-0.05, 0) is 31.0 Å². The molecule has 3 N–H and O–H groups in total. The maximum atomic E-state index is 14.3. The van der Waals surface area contributed by atoms with Gasteiger partial charge in [0.2, 0.25) is 0 Å². The molecule has 25 heavy (non-hydrogen) atoms. The molecule has 0 atom stereocenters. The first-order chi connectivity index (χ1) is 11.8. The summed E-state index contributed by atoms with van der Waals surface area (Å²) in [6.07, 6.45) is 0.584. The molecule has 7 nitrogen and oxygen atoms in total. The fraction of sp³-hybridized carbons (Fsp3) is 0.529. The second-order valence-electron chi connectivity index (χ2n) is 6.20. The molecule has 1 heterocycles. The van der Waals surface area contributed by atoms with E-state index in [0.717, 1.165) is 0 Å². The van der Waals surface area contributed by atoms with Crippen LogP contribution < -0.4 is 10.2 Å². The molecule has 0 aromatic heterocycles. The zero-order chi connectivity index (χ0) is 18.4. The molecule has 0 amide bonds. The van der Waals surface area contributed by atoms with Gasteiger partial charge in [0, 0.05) is 25.3 Å². The minimum atomic E-state index is -1.11. The Hall–Kier alpha value is -2.35. The zero-order valence-electron chi connectivity index (χ0n) is 14.1. The van der Waals surface area contributed by atoms with Crippen molar-refractivity contribution in [1.82, 2.24) is 0 Å². The third-order valence-electron chi connectivity index (χ3n) is 4.35. The van der Waals surface area contributed by atoms with Crippen molar-refractivity contribution in [1.29, 1.82) is 0 Å². The maximum Gasteiger partial charge on any atom is 0.308 e. The fourth-order valence-electron chi connectivity index (χ4n) is 2.87. The van der Waals surface area contributed by atoms with E-state index in [-0.39, 0.29) is 19.4 Å². The molecule has 1 fully saturated rings. The van der Waals surface area contributed by atoms with Gasteiger partial charge in [-0.25, -0.2) is 4.39 Å². The SMILES string of the molecule is COC(=O)CC1(O)CCN(c2ccc(NCCC(=O)O)cc2F)CC1. The number of rotatable bonds is 7. The van der Waals surface area contributed by atoms with Crippen molar-refractivity contribution in [2.75, 3.05) is 37.0 Å². The molecule has 0 spiro atoms. The van der Waals surface area contributed by atoms with Crippen LogP contribution in [0.2, 0.25) is 0 Å². The average molecular weight is 354 g/mol. The molecule has 1 saturated heterocycles. The Bertz CT molecular complexity index is 629. The Kier molecular flexibility index (Phi) is 6.19. The smallest absolute Gasteiger partial charge is 0.308 e. The minimum Gasteiger partial charge on any atom is -0.481 e. The fourth-order valence-corrected chi connectivity index (χ4v) is 2.87. The number of hydrogen-bond acceptors (Lipinski definition) is 6. The number of nitrogens with one attached hydrogen (secondary N) is 1. The van der Waals surface area contributed by atoms with Crippen LogP contribution in [0.3, 0.4) is 0 Å². The Morgan fingerprint density at radius 2 is 2.04 bits per heavy atom. The number of aliphatic hydroxyl groups is 1. The number of carbonyl (C=O) groups is 2. The Labute approximate surface area is 145 Å². The summed E-state index contributed by atoms with van der Waals surface area (Å²) in [5.41, 5.74) is -0.177. The molecule has 1 aliphatic rings. The standard InChI is InChI=1S/C17H23FN2O5/c1-25-16(23)11-17(24)5-8-20(9-6-17)14-3-2-12(10-13(14)18)19-7-4-15(21)22/h2-3,10,19,24H,4-9,11H2,1H3,(H,21,22). The number of aliphatic carboxylic acids is 1. The number of piperidine rings is 1. The quantitative estimate of drug-likeness (QED) is 0.640. The molecule has 0 bridgehead atoms. The van der Waals surface area contributed by atoms with Crippen LogP contribution in [-0.4, -0.2) is 54.5 Å². The molecule has 0 unspecified atom stereocenters. The van der Waals surface area contributed by atoms with Crippen LogP contribution >= 0.6 is 0 Å². The van der Waals surface area contributed by atoms with Crippen molar-refractivity contribution in [2.45, 2.75) is 31.3 Å². The van der Waals surface area contributed by atoms with Gasteiger partial charge < -0.3 is 25.2 Å². The number of carboxylic acid groups (broad SMARTS) is 1. The van der Waals surface area contributed by atoms with Gasteiger partial charge in [-0.2, -0.15) is 0 Å². The van der Waals surface area contributed by atoms with Crippen molar-refractivity contribution in [2.24, 2.45) is 0 Å². The van der Waals surface area contributed by atoms with Crippen molar-refractivity contribution in [3.05, 3.63) is 24.0 Å². The molecule has 138 valence electrons. The summed E-state index contributed by atoms with van der Waals surface area (Å²) in [4.78, 5) is 23.7. The van der Waals surface area contributed by atoms with Crippen molar-refractivity contribution in [3.8, 4) is 0 Å². The highest BCUT2D eigenvalue weighted by Crippen LogP contribution is 2.31. The predicted octanol–water partition coefficient (Wildman–Crippen LogP) is 1.61. The summed E-state index contributed by atoms with van der Waals surface area (Å²) < 4.78 is 18.9. The van der Waals surface area contributed by atoms with Gasteiger partial charge in [0.15, 0.2) is 0 Å². The number of hydrogen-bond donors (Lipinski definition) is 3. The topological polar surface area (TPSA) is 99.1 Å². The largest absolute Gasteiger partial charge is 0.481 e. The third-order valence-corrected chi connectivity index (χ3v) is 4.35. The molecule has 8 heteroatoms. The van der Waals surface area contributed by atoms with E-state index in [1.165, 1.54) is 13.2 Å². The summed E-state index contributed by atoms with van der Waals surface area (Å²) >= 11 is 0. The number of esters is 1. The number of halogens is 1. The molecule has 1 aromatic rings. The van der Waals surface area contributed by atoms with Crippen LogP contribution in [0, 0.1) is 5.82 Å². The van der Waals surface area contributed by atoms with E-state index in [2.05, 4.69) is 10.1 Å². The summed E-state index contributed by atoms with van der Waals surface area (Å²) in [6.45, 7) is 1.07. The average Bonchev–Trinajstić information content (AvgIpc) is 2.55. The van der Waals surface area contributed by atoms with Crippen LogP contribution in [0.15, 0.2) is 18.2 Å². The Morgan fingerprint density at radius 3 is 2.60 bits per heavy atom. The number of ether oxygens (including phenoxy) is 1. The number of nitrogens with zero attached hydrogens (tertiary/aromatic N) is 1. The van der Waals surface area contributed by atoms with E-state index in [4.69, 9.17) is 5.11 Å². The maximum absolute atomic E-state index is 14.3. The summed E-state index contributed by atoms with van der Waals surface area (Å²) in [5.74, 6) is -1.80. The van der Waals surface area contributed by atoms with Crippen molar-refractivity contribution in [3.63, 3.8) is 0 Å². The lowest BCUT2D eigenvalue weighted by molar-refractivity contribution is -0.147. The van der Waals surface area contributed by atoms with Gasteiger partial charge in [0.1, 0.15) is 5.82 Å². The predicted molar refractivity (Wildman–Crippen MR) is 90.2 cm³/mol. The number of methoxy groups -OCH3 is 1. The van der Waals surface area contributed by atoms with E-state index in [0.29, 0.717) is 37.3 Å². The van der Waals surface area contributed by atoms with Gasteiger partial charge in [-0.15, -0.1) is 0 Å². The molecule has 0 saturated carbocycles. The number of carboxylic acids is 1. The molecule has 0 radical (unpaired) electrons. The van der Waals surface area contributed by atoms with Crippen molar-refractivity contribution < 1.29 is 28.9 Å². The zero-order valence-corrected chi connectivity index (χ0v) is 14.1. The normalized spacial score (nSPS) is 16.4. The van der Waals surface area contributed by atoms with Crippen molar-refractivity contribution >= 4 is 23.3 Å². The van der Waals surface area contributed by atoms with Crippen LogP contribution in [0.25, 0.3) is 0 Å². The van der Waals surface area contributed by atoms with Crippen LogP contribution in [0.4, 0.5) is 15.8 Å². The van der Waals surface area contributed by atoms with Gasteiger partial charge in [-0.1, -0.05) is 0 Å². The highest BCUT2D eigenvalue weighted by molar-refractivity contribution is 5.70. The molecule has 2 rings (SSSR count). The van der Waals surface area contributed by atoms with E-state index < -0.39 is 23.4 Å². The number of benzene rings is 1. The van der Waals surface area contributed by atoms with E-state index in [9.17, 15) is 19.1 Å². The second kappa shape index (κ2) is 8.15. The van der Waals surface area contributed by atoms with E-state index in [1.54, 1.807) is 12.1 Å². The number of carbonyl (C=O) groups excluding carboxylic acids is 1. The highest BCUT2D eigenvalue weighted by atomic mass is 19.1. The second-order valence-corrected chi connectivity index (χ2v) is 6.20. The Morgan fingerprint density at radius 1 is 1.36 bits per heavy atom. The van der Waals surface area contributed by atoms with E-state index in [1.807, 2.05) is 4.90 Å². The molecule has 1 aliphatic heterocycles. The lowest BCUT2D eigenvalue weighted by Crippen LogP contribution is -2.46. The number of anilines is 2. The molecular formula is C17H23FN2O5. The lowest BCUT2D eigenvalue weighted by Gasteiger charge is -2.38. The summed E-state index contributed by atoms with van der Waals surface area (Å²) in [5, 5.41) is 21.9. The van der Waals surface area contributed by atoms with Crippen LogP contribution in [0.5, 0.6) is 0 Å². The monoisotopic (exact) mass is 354 g/mol. The van der Waals surface area contributed by atoms with Crippen LogP contribution in [0.1, 0.15) is 25.7 Å². The highest BCUT2D eigenvalue weighted by Gasteiger charge is 2.35. The summed E-state index contributed by atoms with van der Waals surface area (Å²) in [7, 11) is 1.28. The molecule has 1 aromatic carbocycles. The molecular weight excluding hydrogens is 331 g/mol. The first-order valence-electron chi connectivity index (χ1n) is 8.12. The Balaban J connectivity index is 1.94. The van der Waals surface area contributed by atoms with Gasteiger partial charge >= 0.3 is 11.9 Å². The minimum absolute atomic E-state index is 0.0473. The van der Waals surface area contributed by atoms with Gasteiger partial charge in [0.25, 0.3) is 0 Å². The first-order valence-corrected chi connectivity index (χ1v) is 8.12. The lowest BCUT2D eigenvalue weighted by atomic mass is 9.88. The summed E-state index contributed by atoms with van der Waals surface area (Å²) in [6, 6.07) is 4.64. The van der Waals surface area contributed by atoms with E-state index >= 15 is 0 Å². The molecule has 0 aliphatic carbocycles. The van der Waals surface area contributed by atoms with Gasteiger partial charge in [-0.3, -0.25) is 9.59 Å².